The Balaban J connectivity index is 0.000000470. The van der Waals surface area contributed by atoms with Crippen LogP contribution < -0.4 is 61.8 Å². The Kier molecular flexibility index (Phi) is 25.1. The minimum Gasteiger partial charge on any atom is -0.587 e. The number of hydrogen-bond donors (Lipinski definition) is 1. The number of hydrogen-bond acceptors (Lipinski definition) is 11. The van der Waals surface area contributed by atoms with E-state index in [9.17, 15) is 19.2 Å². The maximum Gasteiger partial charge on any atom is 1.00 e. The second-order valence-electron chi connectivity index (χ2n) is 11.9. The first-order valence-corrected chi connectivity index (χ1v) is 22.2. The zero-order valence-electron chi connectivity index (χ0n) is 34.3. The van der Waals surface area contributed by atoms with Gasteiger partial charge in [-0.15, -0.1) is 11.6 Å². The van der Waals surface area contributed by atoms with E-state index in [2.05, 4.69) is 5.32 Å². The van der Waals surface area contributed by atoms with Crippen LogP contribution in [0.2, 0.25) is 0 Å². The summed E-state index contributed by atoms with van der Waals surface area (Å²) in [6.07, 6.45) is 0. The molecule has 6 rings (SSSR count). The molecule has 0 saturated carbocycles. The maximum absolute atomic E-state index is 12.5. The van der Waals surface area contributed by atoms with Crippen LogP contribution in [0.1, 0.15) is 87.7 Å². The number of rotatable bonds is 14. The molecule has 0 bridgehead atoms. The topological polar surface area (TPSA) is 161 Å². The minimum absolute atomic E-state index is 0. The van der Waals surface area contributed by atoms with E-state index in [0.717, 1.165) is 21.5 Å². The number of fused-ring (bicyclic) bond motifs is 2. The van der Waals surface area contributed by atoms with Gasteiger partial charge < -0.3 is 46.6 Å². The van der Waals surface area contributed by atoms with Crippen molar-refractivity contribution in [2.75, 3.05) is 47.8 Å². The number of halogens is 1. The average molecular weight is 894 g/mol. The molecule has 2 heterocycles. The van der Waals surface area contributed by atoms with Crippen molar-refractivity contribution in [3.05, 3.63) is 136 Å². The Labute approximate surface area is 397 Å². The van der Waals surface area contributed by atoms with Gasteiger partial charge in [-0.3, -0.25) is 14.5 Å². The first-order valence-electron chi connectivity index (χ1n) is 18.3. The number of alkyl halides is 1. The molecule has 0 fully saturated rings. The van der Waals surface area contributed by atoms with Crippen LogP contribution in [0.25, 0.3) is 5.32 Å². The van der Waals surface area contributed by atoms with Crippen molar-refractivity contribution < 1.29 is 102 Å². The molecule has 13 nitrogen and oxygen atoms in total. The number of carbonyl (C=O) groups is 4. The van der Waals surface area contributed by atoms with E-state index >= 15 is 0 Å². The van der Waals surface area contributed by atoms with Crippen molar-refractivity contribution in [2.45, 2.75) is 47.5 Å². The van der Waals surface area contributed by atoms with Gasteiger partial charge in [-0.1, -0.05) is 92.4 Å². The van der Waals surface area contributed by atoms with E-state index in [0.29, 0.717) is 48.0 Å². The number of aliphatic hydroxyl groups is 1. The third-order valence-corrected chi connectivity index (χ3v) is 14.4. The summed E-state index contributed by atoms with van der Waals surface area (Å²) in [5.74, 6) is -0.865. The monoisotopic (exact) mass is 892 g/mol. The zero-order valence-corrected chi connectivity index (χ0v) is 40.2. The molecule has 59 heavy (non-hydrogen) atoms. The van der Waals surface area contributed by atoms with Crippen molar-refractivity contribution in [3.63, 3.8) is 0 Å². The first-order chi connectivity index (χ1) is 27.5. The second-order valence-corrected chi connectivity index (χ2v) is 17.6. The quantitative estimate of drug-likeness (QED) is 0.113. The standard InChI is InChI=1S/C21H25NO5Si.C10H15ClO3Si.C8H5NO2.C2H6O.CH4.K/c1-4-25-28(26-5-2,27-6-3)17-13-11-16(12-14-17)15-22-20(23)18-9-7-8-10-19(18)21(22)24;1-12-15(13-2,14-3)10-6-4-9(8-11)5-7-10;10-7-5-3-1-2-4-6(5)8(11)9-7;1-2-3;;/h7-14H,4-6,15H2,1-3H3;4-7H,8H2,1-3H3;1-4H,(H,9,10,11);3H,2H2,1H3;1H4;/q;;;;;+1/p-1. The van der Waals surface area contributed by atoms with Gasteiger partial charge in [0.2, 0.25) is 0 Å². The number of aliphatic hydroxyl groups excluding tert-OH is 1. The van der Waals surface area contributed by atoms with Crippen molar-refractivity contribution in [1.29, 1.82) is 0 Å². The van der Waals surface area contributed by atoms with Gasteiger partial charge in [0.15, 0.2) is 0 Å². The molecule has 0 aliphatic carbocycles. The molecular weight excluding hydrogens is 839 g/mol. The van der Waals surface area contributed by atoms with E-state index < -0.39 is 29.4 Å². The van der Waals surface area contributed by atoms with Crippen molar-refractivity contribution in [3.8, 4) is 0 Å². The van der Waals surface area contributed by atoms with Crippen LogP contribution >= 0.6 is 11.6 Å². The van der Waals surface area contributed by atoms with Gasteiger partial charge in [0.25, 0.3) is 11.8 Å². The Morgan fingerprint density at radius 3 is 1.25 bits per heavy atom. The van der Waals surface area contributed by atoms with Crippen molar-refractivity contribution in [1.82, 2.24) is 4.90 Å². The molecule has 0 spiro atoms. The predicted molar refractivity (Wildman–Crippen MR) is 228 cm³/mol. The Hall–Kier alpha value is -2.76. The summed E-state index contributed by atoms with van der Waals surface area (Å²) < 4.78 is 33.8. The molecule has 17 heteroatoms. The van der Waals surface area contributed by atoms with Crippen LogP contribution in [0.5, 0.6) is 0 Å². The number of carbonyl (C=O) groups excluding carboxylic acids is 4. The van der Waals surface area contributed by atoms with E-state index in [1.165, 1.54) is 4.90 Å². The molecule has 314 valence electrons. The summed E-state index contributed by atoms with van der Waals surface area (Å²) >= 11 is 5.71. The van der Waals surface area contributed by atoms with Crippen LogP contribution in [0.15, 0.2) is 97.1 Å². The summed E-state index contributed by atoms with van der Waals surface area (Å²) in [7, 11) is -0.862. The van der Waals surface area contributed by atoms with E-state index in [1.807, 2.05) is 69.3 Å². The Morgan fingerprint density at radius 2 is 0.915 bits per heavy atom. The number of imide groups is 2. The summed E-state index contributed by atoms with van der Waals surface area (Å²) in [5.41, 5.74) is 3.66. The zero-order chi connectivity index (χ0) is 42.0. The van der Waals surface area contributed by atoms with Crippen LogP contribution in [-0.4, -0.2) is 99.0 Å². The first kappa shape index (κ1) is 54.3. The molecule has 1 N–H and O–H groups in total. The number of benzene rings is 4. The van der Waals surface area contributed by atoms with Crippen LogP contribution in [0.3, 0.4) is 0 Å². The second kappa shape index (κ2) is 27.2. The van der Waals surface area contributed by atoms with Gasteiger partial charge in [-0.25, -0.2) is 0 Å². The molecular formula is C42H54ClKN2O11Si2. The molecule has 2 aliphatic rings. The SMILES string of the molecule is C.CCO.CCO[Si](OCC)(OCC)c1ccc(CN2C(=O)c3ccccc3C2=O)cc1.CO[Si](OC)(OC)c1ccc(CCl)cc1.O=C1[N-]C(=O)c2ccccc21.[K+]. The van der Waals surface area contributed by atoms with Gasteiger partial charge in [0.05, 0.1) is 29.5 Å². The summed E-state index contributed by atoms with van der Waals surface area (Å²) in [6, 6.07) is 28.9. The largest absolute Gasteiger partial charge is 1.00 e. The molecule has 4 aromatic rings. The summed E-state index contributed by atoms with van der Waals surface area (Å²) in [4.78, 5) is 48.1. The fourth-order valence-corrected chi connectivity index (χ4v) is 10.2. The molecule has 0 unspecified atom stereocenters. The third kappa shape index (κ3) is 13.9. The molecule has 0 radical (unpaired) electrons. The van der Waals surface area contributed by atoms with Crippen LogP contribution in [0.4, 0.5) is 0 Å². The Bertz CT molecular complexity index is 1840. The smallest absolute Gasteiger partial charge is 0.587 e. The average Bonchev–Trinajstić information content (AvgIpc) is 3.66. The van der Waals surface area contributed by atoms with Crippen LogP contribution in [-0.2, 0) is 39.0 Å². The molecule has 2 aliphatic heterocycles. The van der Waals surface area contributed by atoms with Gasteiger partial charge in [0.1, 0.15) is 0 Å². The number of nitrogens with zero attached hydrogens (tertiary/aromatic N) is 2. The van der Waals surface area contributed by atoms with Gasteiger partial charge in [0, 0.05) is 75.1 Å². The summed E-state index contributed by atoms with van der Waals surface area (Å²) in [5, 5.41) is 12.6. The minimum atomic E-state index is -2.97. The molecule has 0 saturated heterocycles. The van der Waals surface area contributed by atoms with Gasteiger partial charge >= 0.3 is 69.0 Å². The predicted octanol–water partition coefficient (Wildman–Crippen LogP) is 3.24. The van der Waals surface area contributed by atoms with Gasteiger partial charge in [-0.2, -0.15) is 0 Å². The van der Waals surface area contributed by atoms with Crippen molar-refractivity contribution in [2.24, 2.45) is 0 Å². The van der Waals surface area contributed by atoms with Gasteiger partial charge in [-0.05, 0) is 51.0 Å². The van der Waals surface area contributed by atoms with E-state index in [1.54, 1.807) is 76.8 Å². The number of amides is 4. The maximum atomic E-state index is 12.5. The fraction of sp³-hybridized carbons (Fsp3) is 0.333. The third-order valence-electron chi connectivity index (χ3n) is 8.39. The van der Waals surface area contributed by atoms with Crippen molar-refractivity contribution >= 4 is 63.2 Å². The Morgan fingerprint density at radius 1 is 0.576 bits per heavy atom. The van der Waals surface area contributed by atoms with E-state index in [-0.39, 0.29) is 83.8 Å². The molecule has 0 aromatic heterocycles. The molecule has 0 atom stereocenters. The molecule has 4 amide bonds. The molecule has 4 aromatic carbocycles. The normalized spacial score (nSPS) is 12.6. The summed E-state index contributed by atoms with van der Waals surface area (Å²) in [6.45, 7) is 9.36. The fourth-order valence-electron chi connectivity index (χ4n) is 5.79. The van der Waals surface area contributed by atoms with E-state index in [4.69, 9.17) is 43.3 Å². The van der Waals surface area contributed by atoms with Crippen LogP contribution in [0, 0.1) is 0 Å².